The highest BCUT2D eigenvalue weighted by atomic mass is 19.1. The number of hydrogen-bond acceptors (Lipinski definition) is 5. The number of allylic oxidation sites excluding steroid dienone is 2. The summed E-state index contributed by atoms with van der Waals surface area (Å²) in [5.74, 6) is -0.694. The number of ether oxygens (including phenoxy) is 1. The molecule has 5 nitrogen and oxygen atoms in total. The number of nitrogens with zero attached hydrogens (tertiary/aromatic N) is 2. The van der Waals surface area contributed by atoms with Crippen molar-refractivity contribution < 1.29 is 13.9 Å². The van der Waals surface area contributed by atoms with Crippen molar-refractivity contribution in [2.24, 2.45) is 5.73 Å². The molecule has 1 aromatic rings. The van der Waals surface area contributed by atoms with E-state index in [4.69, 9.17) is 10.5 Å². The van der Waals surface area contributed by atoms with Crippen LogP contribution in [0.3, 0.4) is 0 Å². The van der Waals surface area contributed by atoms with Gasteiger partial charge in [0.05, 0.1) is 13.2 Å². The molecule has 1 heterocycles. The van der Waals surface area contributed by atoms with Crippen LogP contribution in [0, 0.1) is 5.82 Å². The predicted octanol–water partition coefficient (Wildman–Crippen LogP) is 1.27. The van der Waals surface area contributed by atoms with Gasteiger partial charge in [0.15, 0.2) is 5.54 Å². The van der Waals surface area contributed by atoms with Gasteiger partial charge in [-0.3, -0.25) is 4.90 Å². The first-order valence-corrected chi connectivity index (χ1v) is 8.42. The van der Waals surface area contributed by atoms with Crippen LogP contribution in [0.5, 0.6) is 0 Å². The Bertz CT molecular complexity index is 710. The van der Waals surface area contributed by atoms with Crippen LogP contribution in [-0.2, 0) is 9.53 Å². The third-order valence-corrected chi connectivity index (χ3v) is 5.11. The van der Waals surface area contributed by atoms with Gasteiger partial charge in [0.25, 0.3) is 0 Å². The molecule has 1 saturated heterocycles. The van der Waals surface area contributed by atoms with Gasteiger partial charge in [0, 0.05) is 31.7 Å². The van der Waals surface area contributed by atoms with Crippen molar-refractivity contribution in [1.82, 2.24) is 9.80 Å². The summed E-state index contributed by atoms with van der Waals surface area (Å²) in [5.41, 5.74) is 6.53. The van der Waals surface area contributed by atoms with Gasteiger partial charge in [-0.15, -0.1) is 0 Å². The molecule has 2 N–H and O–H groups in total. The molecule has 6 heteroatoms. The van der Waals surface area contributed by atoms with Gasteiger partial charge in [-0.25, -0.2) is 9.18 Å². The number of carbonyl (C=O) groups is 1. The second-order valence-corrected chi connectivity index (χ2v) is 6.57. The number of likely N-dealkylation sites (N-methyl/N-ethyl adjacent to an activating group) is 1. The molecule has 0 spiro atoms. The van der Waals surface area contributed by atoms with Crippen LogP contribution in [0.25, 0.3) is 5.57 Å². The van der Waals surface area contributed by atoms with Gasteiger partial charge in [-0.2, -0.15) is 0 Å². The summed E-state index contributed by atoms with van der Waals surface area (Å²) < 4.78 is 19.2. The van der Waals surface area contributed by atoms with Crippen molar-refractivity contribution in [1.29, 1.82) is 0 Å². The Morgan fingerprint density at radius 2 is 1.96 bits per heavy atom. The number of hydrogen-bond donors (Lipinski definition) is 1. The van der Waals surface area contributed by atoms with Crippen molar-refractivity contribution >= 4 is 11.5 Å². The summed E-state index contributed by atoms with van der Waals surface area (Å²) in [6, 6.07) is 5.93. The van der Waals surface area contributed by atoms with Gasteiger partial charge in [-0.1, -0.05) is 36.4 Å². The molecule has 0 saturated carbocycles. The quantitative estimate of drug-likeness (QED) is 0.836. The molecule has 1 fully saturated rings. The van der Waals surface area contributed by atoms with Crippen molar-refractivity contribution in [3.05, 3.63) is 53.9 Å². The average molecular weight is 345 g/mol. The van der Waals surface area contributed by atoms with E-state index in [2.05, 4.69) is 16.8 Å². The van der Waals surface area contributed by atoms with Crippen LogP contribution in [0.1, 0.15) is 5.56 Å². The number of piperazine rings is 1. The van der Waals surface area contributed by atoms with Gasteiger partial charge in [0.1, 0.15) is 5.82 Å². The smallest absolute Gasteiger partial charge is 0.332 e. The van der Waals surface area contributed by atoms with E-state index >= 15 is 0 Å². The minimum Gasteiger partial charge on any atom is -0.467 e. The molecule has 3 rings (SSSR count). The second kappa shape index (κ2) is 7.07. The highest BCUT2D eigenvalue weighted by Crippen LogP contribution is 2.33. The number of nitrogens with two attached hydrogens (primary N) is 1. The fourth-order valence-electron chi connectivity index (χ4n) is 3.57. The zero-order valence-electron chi connectivity index (χ0n) is 14.6. The topological polar surface area (TPSA) is 58.8 Å². The van der Waals surface area contributed by atoms with Gasteiger partial charge < -0.3 is 15.4 Å². The van der Waals surface area contributed by atoms with Crippen LogP contribution < -0.4 is 5.73 Å². The number of benzene rings is 1. The van der Waals surface area contributed by atoms with E-state index in [1.165, 1.54) is 13.2 Å². The molecule has 2 atom stereocenters. The van der Waals surface area contributed by atoms with E-state index in [0.717, 1.165) is 13.1 Å². The minimum atomic E-state index is -1.05. The zero-order valence-corrected chi connectivity index (χ0v) is 14.6. The number of methoxy groups -OCH3 is 1. The summed E-state index contributed by atoms with van der Waals surface area (Å²) in [7, 11) is 3.42. The molecule has 1 aromatic carbocycles. The fourth-order valence-corrected chi connectivity index (χ4v) is 3.57. The lowest BCUT2D eigenvalue weighted by atomic mass is 9.80. The summed E-state index contributed by atoms with van der Waals surface area (Å²) in [5, 5.41) is 0. The molecule has 1 aliphatic heterocycles. The maximum absolute atomic E-state index is 14.1. The second-order valence-electron chi connectivity index (χ2n) is 6.57. The summed E-state index contributed by atoms with van der Waals surface area (Å²) in [4.78, 5) is 17.0. The highest BCUT2D eigenvalue weighted by molar-refractivity contribution is 5.89. The molecule has 0 aromatic heterocycles. The van der Waals surface area contributed by atoms with Crippen molar-refractivity contribution in [3.8, 4) is 0 Å². The minimum absolute atomic E-state index is 0.309. The lowest BCUT2D eigenvalue weighted by Gasteiger charge is -2.47. The van der Waals surface area contributed by atoms with E-state index in [1.807, 2.05) is 0 Å². The molecular weight excluding hydrogens is 321 g/mol. The van der Waals surface area contributed by atoms with Crippen molar-refractivity contribution in [3.63, 3.8) is 0 Å². The molecule has 2 aliphatic rings. The first-order valence-electron chi connectivity index (χ1n) is 8.42. The number of carbonyl (C=O) groups excluding carboxylic acids is 1. The maximum Gasteiger partial charge on any atom is 0.332 e. The van der Waals surface area contributed by atoms with Crippen LogP contribution in [-0.4, -0.2) is 67.7 Å². The van der Waals surface area contributed by atoms with Gasteiger partial charge >= 0.3 is 5.97 Å². The van der Waals surface area contributed by atoms with E-state index in [-0.39, 0.29) is 11.8 Å². The van der Waals surface area contributed by atoms with E-state index in [0.29, 0.717) is 24.2 Å². The highest BCUT2D eigenvalue weighted by Gasteiger charge is 2.49. The Balaban J connectivity index is 1.95. The van der Waals surface area contributed by atoms with E-state index < -0.39 is 11.6 Å². The van der Waals surface area contributed by atoms with Crippen LogP contribution in [0.4, 0.5) is 4.39 Å². The fraction of sp³-hybridized carbons (Fsp3) is 0.421. The number of rotatable bonds is 3. The lowest BCUT2D eigenvalue weighted by Crippen LogP contribution is -2.67. The summed E-state index contributed by atoms with van der Waals surface area (Å²) in [6.07, 6.45) is 5.31. The first-order chi connectivity index (χ1) is 12.0. The molecule has 25 heavy (non-hydrogen) atoms. The molecule has 0 bridgehead atoms. The molecule has 0 radical (unpaired) electrons. The Hall–Kier alpha value is -2.02. The third kappa shape index (κ3) is 3.13. The summed E-state index contributed by atoms with van der Waals surface area (Å²) in [6.45, 7) is 3.13. The first kappa shape index (κ1) is 17.8. The molecule has 2 unspecified atom stereocenters. The number of halogens is 1. The largest absolute Gasteiger partial charge is 0.467 e. The van der Waals surface area contributed by atoms with Gasteiger partial charge in [0.2, 0.25) is 0 Å². The Kier molecular flexibility index (Phi) is 5.03. The zero-order chi connectivity index (χ0) is 18.0. The maximum atomic E-state index is 14.1. The molecule has 1 aliphatic carbocycles. The van der Waals surface area contributed by atoms with Gasteiger partial charge in [-0.05, 0) is 18.7 Å². The van der Waals surface area contributed by atoms with E-state index in [9.17, 15) is 9.18 Å². The third-order valence-electron chi connectivity index (χ3n) is 5.11. The van der Waals surface area contributed by atoms with Crippen LogP contribution >= 0.6 is 0 Å². The predicted molar refractivity (Wildman–Crippen MR) is 95.3 cm³/mol. The SMILES string of the molecule is COC(=O)C1(N2CCN(C)CC2)C=CC(c2ccccc2F)=CC1N. The normalized spacial score (nSPS) is 27.8. The lowest BCUT2D eigenvalue weighted by molar-refractivity contribution is -0.153. The average Bonchev–Trinajstić information content (AvgIpc) is 2.62. The Labute approximate surface area is 147 Å². The molecular formula is C19H24FN3O2. The summed E-state index contributed by atoms with van der Waals surface area (Å²) >= 11 is 0. The van der Waals surface area contributed by atoms with Crippen molar-refractivity contribution in [2.75, 3.05) is 40.3 Å². The van der Waals surface area contributed by atoms with Crippen LogP contribution in [0.15, 0.2) is 42.5 Å². The standard InChI is InChI=1S/C19H24FN3O2/c1-22-9-11-23(12-10-22)19(18(24)25-2)8-7-14(13-17(19)21)15-5-3-4-6-16(15)20/h3-8,13,17H,9-12,21H2,1-2H3. The Morgan fingerprint density at radius 3 is 2.56 bits per heavy atom. The number of esters is 1. The van der Waals surface area contributed by atoms with Crippen LogP contribution in [0.2, 0.25) is 0 Å². The molecule has 134 valence electrons. The van der Waals surface area contributed by atoms with Crippen molar-refractivity contribution in [2.45, 2.75) is 11.6 Å². The monoisotopic (exact) mass is 345 g/mol. The molecule has 0 amide bonds. The van der Waals surface area contributed by atoms with E-state index in [1.54, 1.807) is 36.4 Å². The Morgan fingerprint density at radius 1 is 1.28 bits per heavy atom.